The molecule has 1 atom stereocenters. The Hall–Kier alpha value is -1.62. The largest absolute Gasteiger partial charge is 0.382 e. The van der Waals surface area contributed by atoms with Gasteiger partial charge >= 0.3 is 0 Å². The zero-order valence-electron chi connectivity index (χ0n) is 11.1. The second-order valence-electron chi connectivity index (χ2n) is 4.12. The molecule has 0 radical (unpaired) electrons. The van der Waals surface area contributed by atoms with Gasteiger partial charge in [0.15, 0.2) is 0 Å². The van der Waals surface area contributed by atoms with Crippen molar-refractivity contribution >= 4 is 11.6 Å². The third-order valence-corrected chi connectivity index (χ3v) is 2.71. The van der Waals surface area contributed by atoms with Crippen LogP contribution >= 0.6 is 0 Å². The van der Waals surface area contributed by atoms with E-state index in [9.17, 15) is 4.79 Å². The van der Waals surface area contributed by atoms with Crippen molar-refractivity contribution in [3.63, 3.8) is 0 Å². The van der Waals surface area contributed by atoms with Crippen LogP contribution in [0.1, 0.15) is 37.2 Å². The molecule has 1 unspecified atom stereocenters. The van der Waals surface area contributed by atoms with E-state index in [0.717, 1.165) is 18.5 Å². The number of nitrogens with one attached hydrogen (secondary N) is 2. The number of nitrogens with two attached hydrogens (primary N) is 1. The van der Waals surface area contributed by atoms with Crippen molar-refractivity contribution in [2.45, 2.75) is 32.7 Å². The summed E-state index contributed by atoms with van der Waals surface area (Å²) in [4.78, 5) is 15.7. The number of anilines is 1. The van der Waals surface area contributed by atoms with Crippen molar-refractivity contribution in [1.82, 2.24) is 10.3 Å². The Morgan fingerprint density at radius 1 is 1.50 bits per heavy atom. The van der Waals surface area contributed by atoms with E-state index in [4.69, 9.17) is 5.73 Å². The highest BCUT2D eigenvalue weighted by molar-refractivity contribution is 5.93. The van der Waals surface area contributed by atoms with Gasteiger partial charge in [0.1, 0.15) is 5.69 Å². The molecule has 18 heavy (non-hydrogen) atoms. The summed E-state index contributed by atoms with van der Waals surface area (Å²) in [5.74, 6) is -0.145. The van der Waals surface area contributed by atoms with E-state index in [1.54, 1.807) is 12.3 Å². The minimum atomic E-state index is -0.145. The van der Waals surface area contributed by atoms with Crippen LogP contribution in [0.25, 0.3) is 0 Å². The lowest BCUT2D eigenvalue weighted by atomic mass is 10.1. The SMILES string of the molecule is CCNC(=O)c1cc(NC(CC)CCN)ccn1. The van der Waals surface area contributed by atoms with Crippen LogP contribution in [0.2, 0.25) is 0 Å². The van der Waals surface area contributed by atoms with Crippen molar-refractivity contribution in [2.24, 2.45) is 5.73 Å². The lowest BCUT2D eigenvalue weighted by molar-refractivity contribution is 0.0951. The maximum Gasteiger partial charge on any atom is 0.269 e. The van der Waals surface area contributed by atoms with Gasteiger partial charge in [-0.15, -0.1) is 0 Å². The first-order valence-electron chi connectivity index (χ1n) is 6.42. The van der Waals surface area contributed by atoms with Crippen LogP contribution in [0.3, 0.4) is 0 Å². The van der Waals surface area contributed by atoms with E-state index in [1.165, 1.54) is 0 Å². The molecule has 1 aromatic rings. The first kappa shape index (κ1) is 14.4. The second-order valence-corrected chi connectivity index (χ2v) is 4.12. The number of nitrogens with zero attached hydrogens (tertiary/aromatic N) is 1. The average Bonchev–Trinajstić information content (AvgIpc) is 2.39. The molecule has 5 heteroatoms. The standard InChI is InChI=1S/C13H22N4O/c1-3-10(5-7-14)17-11-6-8-16-12(9-11)13(18)15-4-2/h6,8-10H,3-5,7,14H2,1-2H3,(H,15,18)(H,16,17). The summed E-state index contributed by atoms with van der Waals surface area (Å²) in [5.41, 5.74) is 6.90. The molecule has 100 valence electrons. The normalized spacial score (nSPS) is 11.9. The fourth-order valence-corrected chi connectivity index (χ4v) is 1.71. The minimum Gasteiger partial charge on any atom is -0.382 e. The summed E-state index contributed by atoms with van der Waals surface area (Å²) in [5, 5.41) is 6.10. The Balaban J connectivity index is 2.72. The van der Waals surface area contributed by atoms with Crippen LogP contribution in [-0.4, -0.2) is 30.0 Å². The number of carbonyl (C=O) groups excluding carboxylic acids is 1. The van der Waals surface area contributed by atoms with Crippen LogP contribution in [-0.2, 0) is 0 Å². The van der Waals surface area contributed by atoms with Crippen molar-refractivity contribution in [2.75, 3.05) is 18.4 Å². The number of pyridine rings is 1. The van der Waals surface area contributed by atoms with Crippen LogP contribution in [0, 0.1) is 0 Å². The van der Waals surface area contributed by atoms with Crippen molar-refractivity contribution < 1.29 is 4.79 Å². The number of aromatic nitrogens is 1. The monoisotopic (exact) mass is 250 g/mol. The molecule has 5 nitrogen and oxygen atoms in total. The molecule has 1 amide bonds. The minimum absolute atomic E-state index is 0.145. The van der Waals surface area contributed by atoms with E-state index in [2.05, 4.69) is 22.5 Å². The first-order chi connectivity index (χ1) is 8.71. The Kier molecular flexibility index (Phi) is 6.14. The molecule has 1 heterocycles. The Morgan fingerprint density at radius 3 is 2.89 bits per heavy atom. The van der Waals surface area contributed by atoms with Gasteiger partial charge < -0.3 is 16.4 Å². The summed E-state index contributed by atoms with van der Waals surface area (Å²) in [6.07, 6.45) is 3.55. The molecule has 0 aliphatic rings. The highest BCUT2D eigenvalue weighted by Crippen LogP contribution is 2.12. The Bertz CT molecular complexity index is 381. The quantitative estimate of drug-likeness (QED) is 0.683. The molecule has 0 bridgehead atoms. The van der Waals surface area contributed by atoms with Gasteiger partial charge in [-0.2, -0.15) is 0 Å². The number of carbonyl (C=O) groups is 1. The molecular formula is C13H22N4O. The number of amides is 1. The van der Waals surface area contributed by atoms with Gasteiger partial charge in [-0.3, -0.25) is 9.78 Å². The molecule has 0 aliphatic carbocycles. The molecule has 4 N–H and O–H groups in total. The molecule has 0 aliphatic heterocycles. The molecule has 1 rings (SSSR count). The summed E-state index contributed by atoms with van der Waals surface area (Å²) in [6, 6.07) is 3.96. The van der Waals surface area contributed by atoms with Gasteiger partial charge in [0.2, 0.25) is 0 Å². The Labute approximate surface area is 108 Å². The lowest BCUT2D eigenvalue weighted by Gasteiger charge is -2.17. The van der Waals surface area contributed by atoms with E-state index in [-0.39, 0.29) is 5.91 Å². The number of hydrogen-bond donors (Lipinski definition) is 3. The highest BCUT2D eigenvalue weighted by Gasteiger charge is 2.09. The average molecular weight is 250 g/mol. The first-order valence-corrected chi connectivity index (χ1v) is 6.42. The summed E-state index contributed by atoms with van der Waals surface area (Å²) in [7, 11) is 0. The summed E-state index contributed by atoms with van der Waals surface area (Å²) >= 11 is 0. The number of hydrogen-bond acceptors (Lipinski definition) is 4. The second kappa shape index (κ2) is 7.66. The fraction of sp³-hybridized carbons (Fsp3) is 0.538. The van der Waals surface area contributed by atoms with Gasteiger partial charge in [-0.25, -0.2) is 0 Å². The molecule has 0 saturated carbocycles. The summed E-state index contributed by atoms with van der Waals surface area (Å²) in [6.45, 7) is 5.25. The van der Waals surface area contributed by atoms with Crippen molar-refractivity contribution in [1.29, 1.82) is 0 Å². The molecule has 0 saturated heterocycles. The smallest absolute Gasteiger partial charge is 0.269 e. The van der Waals surface area contributed by atoms with Crippen molar-refractivity contribution in [3.8, 4) is 0 Å². The Morgan fingerprint density at radius 2 is 2.28 bits per heavy atom. The molecule has 0 spiro atoms. The predicted molar refractivity (Wildman–Crippen MR) is 73.6 cm³/mol. The molecular weight excluding hydrogens is 228 g/mol. The van der Waals surface area contributed by atoms with Gasteiger partial charge in [0.25, 0.3) is 5.91 Å². The van der Waals surface area contributed by atoms with Crippen LogP contribution < -0.4 is 16.4 Å². The van der Waals surface area contributed by atoms with E-state index in [0.29, 0.717) is 24.8 Å². The van der Waals surface area contributed by atoms with Gasteiger partial charge in [-0.1, -0.05) is 6.92 Å². The number of rotatable bonds is 7. The third-order valence-electron chi connectivity index (χ3n) is 2.71. The molecule has 1 aromatic heterocycles. The van der Waals surface area contributed by atoms with E-state index >= 15 is 0 Å². The van der Waals surface area contributed by atoms with Crippen LogP contribution in [0.15, 0.2) is 18.3 Å². The maximum atomic E-state index is 11.7. The predicted octanol–water partition coefficient (Wildman–Crippen LogP) is 1.37. The highest BCUT2D eigenvalue weighted by atomic mass is 16.1. The van der Waals surface area contributed by atoms with Crippen LogP contribution in [0.4, 0.5) is 5.69 Å². The summed E-state index contributed by atoms with van der Waals surface area (Å²) < 4.78 is 0. The van der Waals surface area contributed by atoms with Gasteiger partial charge in [0, 0.05) is 24.5 Å². The zero-order valence-corrected chi connectivity index (χ0v) is 11.1. The van der Waals surface area contributed by atoms with Crippen LogP contribution in [0.5, 0.6) is 0 Å². The maximum absolute atomic E-state index is 11.7. The third kappa shape index (κ3) is 4.33. The van der Waals surface area contributed by atoms with E-state index < -0.39 is 0 Å². The molecule has 0 fully saturated rings. The van der Waals surface area contributed by atoms with E-state index in [1.807, 2.05) is 13.0 Å². The lowest BCUT2D eigenvalue weighted by Crippen LogP contribution is -2.25. The van der Waals surface area contributed by atoms with Crippen molar-refractivity contribution in [3.05, 3.63) is 24.0 Å². The fourth-order valence-electron chi connectivity index (χ4n) is 1.71. The van der Waals surface area contributed by atoms with Gasteiger partial charge in [-0.05, 0) is 38.4 Å². The molecule has 0 aromatic carbocycles. The zero-order chi connectivity index (χ0) is 13.4. The topological polar surface area (TPSA) is 80.0 Å². The van der Waals surface area contributed by atoms with Gasteiger partial charge in [0.05, 0.1) is 0 Å².